The van der Waals surface area contributed by atoms with E-state index in [-0.39, 0.29) is 12.3 Å². The Labute approximate surface area is 537 Å². The first kappa shape index (κ1) is 80.2. The second-order valence-electron chi connectivity index (χ2n) is 23.2. The van der Waals surface area contributed by atoms with Crippen molar-refractivity contribution in [3.63, 3.8) is 0 Å². The van der Waals surface area contributed by atoms with Crippen LogP contribution in [0.4, 0.5) is 0 Å². The van der Waals surface area contributed by atoms with Crippen molar-refractivity contribution in [2.75, 3.05) is 26.4 Å². The van der Waals surface area contributed by atoms with Gasteiger partial charge in [0.25, 0.3) is 0 Å². The number of rotatable bonds is 48. The summed E-state index contributed by atoms with van der Waals surface area (Å²) in [5, 5.41) is 120. The third-order valence-electron chi connectivity index (χ3n) is 15.7. The quantitative estimate of drug-likeness (QED) is 0.0202. The molecule has 17 atom stereocenters. The number of hydrogen-bond donors (Lipinski definition) is 12. The van der Waals surface area contributed by atoms with E-state index in [4.69, 9.17) is 28.4 Å². The molecule has 3 saturated heterocycles. The third kappa shape index (κ3) is 33.2. The zero-order valence-electron chi connectivity index (χ0n) is 53.8. The maximum Gasteiger partial charge on any atom is 0.220 e. The highest BCUT2D eigenvalue weighted by atomic mass is 16.8. The fraction of sp³-hybridized carbons (Fsp3) is 0.676. The molecule has 3 aliphatic rings. The number of carbonyl (C=O) groups is 1. The number of hydrogen-bond acceptors (Lipinski definition) is 18. The molecule has 0 bridgehead atoms. The summed E-state index contributed by atoms with van der Waals surface area (Å²) < 4.78 is 34.2. The highest BCUT2D eigenvalue weighted by Gasteiger charge is 2.53. The summed E-state index contributed by atoms with van der Waals surface area (Å²) in [4.78, 5) is 13.4. The molecule has 0 spiro atoms. The van der Waals surface area contributed by atoms with Gasteiger partial charge in [-0.05, 0) is 109 Å². The molecule has 19 nitrogen and oxygen atoms in total. The first-order valence-corrected chi connectivity index (χ1v) is 33.4. The van der Waals surface area contributed by atoms with E-state index in [0.29, 0.717) is 12.8 Å². The van der Waals surface area contributed by atoms with Crippen molar-refractivity contribution in [3.8, 4) is 0 Å². The van der Waals surface area contributed by atoms with E-state index < -0.39 is 131 Å². The number of aliphatic hydroxyl groups is 11. The second kappa shape index (κ2) is 51.4. The first-order valence-electron chi connectivity index (χ1n) is 33.4. The molecule has 90 heavy (non-hydrogen) atoms. The van der Waals surface area contributed by atoms with E-state index in [9.17, 15) is 61.0 Å². The smallest absolute Gasteiger partial charge is 0.220 e. The molecular weight excluding hydrogens is 1150 g/mol. The van der Waals surface area contributed by atoms with Gasteiger partial charge in [0.05, 0.1) is 38.6 Å². The maximum absolute atomic E-state index is 13.4. The minimum atomic E-state index is -1.99. The van der Waals surface area contributed by atoms with Crippen LogP contribution in [-0.2, 0) is 33.2 Å². The zero-order chi connectivity index (χ0) is 65.4. The van der Waals surface area contributed by atoms with Crippen molar-refractivity contribution in [2.45, 2.75) is 279 Å². The van der Waals surface area contributed by atoms with E-state index in [2.05, 4.69) is 141 Å². The van der Waals surface area contributed by atoms with Gasteiger partial charge in [0.1, 0.15) is 73.2 Å². The van der Waals surface area contributed by atoms with Crippen LogP contribution in [-0.4, -0.2) is 193 Å². The molecule has 12 N–H and O–H groups in total. The first-order chi connectivity index (χ1) is 43.8. The number of ether oxygens (including phenoxy) is 6. The van der Waals surface area contributed by atoms with Crippen LogP contribution in [0.25, 0.3) is 0 Å². The molecule has 0 aliphatic carbocycles. The minimum Gasteiger partial charge on any atom is -0.394 e. The van der Waals surface area contributed by atoms with Crippen molar-refractivity contribution in [2.24, 2.45) is 0 Å². The van der Waals surface area contributed by atoms with Crippen LogP contribution in [0.15, 0.2) is 134 Å². The molecular formula is C71H115NO18. The van der Waals surface area contributed by atoms with Gasteiger partial charge >= 0.3 is 0 Å². The molecule has 3 aliphatic heterocycles. The normalized spacial score (nSPS) is 28.9. The molecule has 3 fully saturated rings. The molecule has 0 saturated carbocycles. The number of aliphatic hydroxyl groups excluding tert-OH is 11. The molecule has 3 heterocycles. The fourth-order valence-electron chi connectivity index (χ4n) is 10.2. The lowest BCUT2D eigenvalue weighted by Gasteiger charge is -2.48. The van der Waals surface area contributed by atoms with Gasteiger partial charge in [-0.3, -0.25) is 4.79 Å². The monoisotopic (exact) mass is 1270 g/mol. The van der Waals surface area contributed by atoms with E-state index in [0.717, 1.165) is 89.9 Å². The van der Waals surface area contributed by atoms with Crippen molar-refractivity contribution >= 4 is 5.91 Å². The molecule has 3 rings (SSSR count). The zero-order valence-corrected chi connectivity index (χ0v) is 53.8. The predicted octanol–water partition coefficient (Wildman–Crippen LogP) is 8.21. The number of unbranched alkanes of at least 4 members (excludes halogenated alkanes) is 12. The lowest BCUT2D eigenvalue weighted by Crippen LogP contribution is -2.66. The van der Waals surface area contributed by atoms with Crippen LogP contribution < -0.4 is 5.32 Å². The Morgan fingerprint density at radius 3 is 1.24 bits per heavy atom. The Hall–Kier alpha value is -4.07. The number of nitrogens with one attached hydrogen (secondary N) is 1. The summed E-state index contributed by atoms with van der Waals surface area (Å²) in [5.74, 6) is -0.339. The van der Waals surface area contributed by atoms with Gasteiger partial charge in [0.2, 0.25) is 5.91 Å². The number of carbonyl (C=O) groups excluding carboxylic acids is 1. The minimum absolute atomic E-state index is 0.167. The SMILES string of the molecule is CC/C=C\C/C=C\C/C=C\C/C=C\C/C=C\C/C=C\C/C=C\C/C=C\CCCCC(=O)NC(COC1OC(CO)C(OC2OC(CO)C(OC3OC(CO)C(O)C(O)C3O)C(O)C2O)C(O)C1O)C(O)/C=C/CC/C=C/CC/C=C/CCCCCCCCCC. The summed E-state index contributed by atoms with van der Waals surface area (Å²) in [6.45, 7) is 1.52. The van der Waals surface area contributed by atoms with Crippen LogP contribution in [0.3, 0.4) is 0 Å². The molecule has 0 aromatic rings. The Balaban J connectivity index is 1.49. The lowest BCUT2D eigenvalue weighted by atomic mass is 9.96. The Morgan fingerprint density at radius 2 is 0.778 bits per heavy atom. The van der Waals surface area contributed by atoms with E-state index in [1.807, 2.05) is 6.08 Å². The Kier molecular flexibility index (Phi) is 45.7. The topological polar surface area (TPSA) is 307 Å². The van der Waals surface area contributed by atoms with Crippen molar-refractivity contribution in [1.29, 1.82) is 0 Å². The Bertz CT molecular complexity index is 2150. The van der Waals surface area contributed by atoms with Crippen molar-refractivity contribution in [3.05, 3.63) is 134 Å². The van der Waals surface area contributed by atoms with Crippen LogP contribution >= 0.6 is 0 Å². The average Bonchev–Trinajstić information content (AvgIpc) is 0.866. The van der Waals surface area contributed by atoms with E-state index >= 15 is 0 Å². The van der Waals surface area contributed by atoms with Gasteiger partial charge in [0, 0.05) is 6.42 Å². The number of allylic oxidation sites excluding steroid dienone is 21. The van der Waals surface area contributed by atoms with Gasteiger partial charge in [-0.1, -0.05) is 192 Å². The summed E-state index contributed by atoms with van der Waals surface area (Å²) in [7, 11) is 0. The molecule has 0 aromatic carbocycles. The summed E-state index contributed by atoms with van der Waals surface area (Å²) in [6.07, 6.45) is 44.2. The van der Waals surface area contributed by atoms with Crippen LogP contribution in [0, 0.1) is 0 Å². The van der Waals surface area contributed by atoms with Gasteiger partial charge in [-0.15, -0.1) is 0 Å². The van der Waals surface area contributed by atoms with E-state index in [1.54, 1.807) is 6.08 Å². The van der Waals surface area contributed by atoms with E-state index in [1.165, 1.54) is 51.4 Å². The van der Waals surface area contributed by atoms with Crippen LogP contribution in [0.1, 0.15) is 174 Å². The van der Waals surface area contributed by atoms with Crippen molar-refractivity contribution < 1.29 is 89.4 Å². The molecule has 512 valence electrons. The highest BCUT2D eigenvalue weighted by Crippen LogP contribution is 2.33. The third-order valence-corrected chi connectivity index (χ3v) is 15.7. The van der Waals surface area contributed by atoms with Gasteiger partial charge < -0.3 is 89.9 Å². The summed E-state index contributed by atoms with van der Waals surface area (Å²) >= 11 is 0. The number of amides is 1. The maximum atomic E-state index is 13.4. The van der Waals surface area contributed by atoms with Gasteiger partial charge in [-0.2, -0.15) is 0 Å². The fourth-order valence-corrected chi connectivity index (χ4v) is 10.2. The predicted molar refractivity (Wildman–Crippen MR) is 350 cm³/mol. The van der Waals surface area contributed by atoms with Gasteiger partial charge in [0.15, 0.2) is 18.9 Å². The Morgan fingerprint density at radius 1 is 0.411 bits per heavy atom. The largest absolute Gasteiger partial charge is 0.394 e. The highest BCUT2D eigenvalue weighted by molar-refractivity contribution is 5.76. The molecule has 1 amide bonds. The molecule has 0 radical (unpaired) electrons. The molecule has 0 aromatic heterocycles. The summed E-state index contributed by atoms with van der Waals surface area (Å²) in [6, 6.07) is -1.03. The average molecular weight is 1270 g/mol. The van der Waals surface area contributed by atoms with Gasteiger partial charge in [-0.25, -0.2) is 0 Å². The standard InChI is InChI=1S/C71H115NO18/c1-3-5-7-9-11-13-15-17-19-21-23-24-25-26-27-28-29-30-31-33-35-37-39-41-43-45-47-49-59(77)72-54(55(76)48-46-44-42-40-38-36-34-32-22-20-18-16-14-12-10-8-6-4-2)53-85-69-65(83)62(80)67(57(51-74)87-69)90-71-66(84)63(81)68(58(52-75)88-71)89-70-64(82)61(79)60(78)56(50-73)86-70/h5,7,11,13,17,19,22-24,26-27,29-30,32-33,35,38-41,46,48,54-58,60-71,73-76,78-84H,3-4,6,8-10,12,14-16,18,20-21,25,28,31,34,36-37,42-45,47,49-53H2,1-2H3,(H,72,77)/b7-5-,13-11-,19-17-,24-23-,27-26-,30-29-,32-22+,35-33-,40-38+,41-39-,48-46+. The van der Waals surface area contributed by atoms with Crippen LogP contribution in [0.5, 0.6) is 0 Å². The molecule has 19 heteroatoms. The van der Waals surface area contributed by atoms with Crippen molar-refractivity contribution in [1.82, 2.24) is 5.32 Å². The second-order valence-corrected chi connectivity index (χ2v) is 23.2. The van der Waals surface area contributed by atoms with Crippen LogP contribution in [0.2, 0.25) is 0 Å². The summed E-state index contributed by atoms with van der Waals surface area (Å²) in [5.41, 5.74) is 0. The lowest BCUT2D eigenvalue weighted by molar-refractivity contribution is -0.379. The molecule has 17 unspecified atom stereocenters.